The molecule has 5 nitrogen and oxygen atoms in total. The Bertz CT molecular complexity index is 299. The fourth-order valence-corrected chi connectivity index (χ4v) is 2.81. The molecule has 0 saturated carbocycles. The number of ether oxygens (including phenoxy) is 2. The molecule has 1 N–H and O–H groups in total. The Morgan fingerprint density at radius 2 is 2.20 bits per heavy atom. The summed E-state index contributed by atoms with van der Waals surface area (Å²) in [7, 11) is 1.76. The van der Waals surface area contributed by atoms with E-state index in [1.807, 2.05) is 20.8 Å². The zero-order valence-corrected chi connectivity index (χ0v) is 13.4. The topological polar surface area (TPSA) is 50.8 Å². The molecule has 1 saturated heterocycles. The van der Waals surface area contributed by atoms with E-state index >= 15 is 0 Å². The van der Waals surface area contributed by atoms with Crippen LogP contribution in [0.2, 0.25) is 0 Å². The first-order valence-electron chi connectivity index (χ1n) is 7.69. The number of esters is 1. The molecule has 0 radical (unpaired) electrons. The van der Waals surface area contributed by atoms with Crippen molar-refractivity contribution in [1.82, 2.24) is 10.2 Å². The van der Waals surface area contributed by atoms with Gasteiger partial charge in [-0.25, -0.2) is 0 Å². The van der Waals surface area contributed by atoms with E-state index in [9.17, 15) is 4.79 Å². The zero-order valence-electron chi connectivity index (χ0n) is 13.4. The fraction of sp³-hybridized carbons (Fsp3) is 0.933. The van der Waals surface area contributed by atoms with Crippen LogP contribution in [0.15, 0.2) is 0 Å². The van der Waals surface area contributed by atoms with E-state index in [1.54, 1.807) is 7.11 Å². The summed E-state index contributed by atoms with van der Waals surface area (Å²) < 4.78 is 10.4. The average Bonchev–Trinajstić information content (AvgIpc) is 2.85. The number of likely N-dealkylation sites (tertiary alicyclic amines) is 1. The maximum absolute atomic E-state index is 12.1. The second-order valence-corrected chi connectivity index (χ2v) is 5.74. The largest absolute Gasteiger partial charge is 0.465 e. The third-order valence-corrected chi connectivity index (χ3v) is 3.99. The first-order valence-corrected chi connectivity index (χ1v) is 7.69. The zero-order chi connectivity index (χ0) is 15.0. The Morgan fingerprint density at radius 1 is 1.45 bits per heavy atom. The maximum atomic E-state index is 12.1. The SMILES string of the molecule is CCNC(C)(CCN1CCC(COC)C1)C(=O)OCC. The van der Waals surface area contributed by atoms with Gasteiger partial charge < -0.3 is 19.7 Å². The van der Waals surface area contributed by atoms with E-state index in [4.69, 9.17) is 9.47 Å². The lowest BCUT2D eigenvalue weighted by atomic mass is 9.97. The molecule has 1 aliphatic heterocycles. The summed E-state index contributed by atoms with van der Waals surface area (Å²) in [6, 6.07) is 0. The third-order valence-electron chi connectivity index (χ3n) is 3.99. The highest BCUT2D eigenvalue weighted by Crippen LogP contribution is 2.19. The number of carbonyl (C=O) groups is 1. The number of hydrogen-bond acceptors (Lipinski definition) is 5. The molecule has 118 valence electrons. The number of likely N-dealkylation sites (N-methyl/N-ethyl adjacent to an activating group) is 1. The van der Waals surface area contributed by atoms with Gasteiger partial charge in [0, 0.05) is 20.2 Å². The lowest BCUT2D eigenvalue weighted by molar-refractivity contribution is -0.151. The molecule has 1 fully saturated rings. The molecule has 2 atom stereocenters. The molecular formula is C15H30N2O3. The summed E-state index contributed by atoms with van der Waals surface area (Å²) in [5.74, 6) is 0.488. The van der Waals surface area contributed by atoms with E-state index in [-0.39, 0.29) is 5.97 Å². The van der Waals surface area contributed by atoms with Gasteiger partial charge in [-0.15, -0.1) is 0 Å². The van der Waals surface area contributed by atoms with E-state index in [0.717, 1.165) is 39.2 Å². The van der Waals surface area contributed by atoms with Crippen molar-refractivity contribution in [2.75, 3.05) is 46.5 Å². The van der Waals surface area contributed by atoms with Gasteiger partial charge in [-0.3, -0.25) is 4.79 Å². The number of methoxy groups -OCH3 is 1. The summed E-state index contributed by atoms with van der Waals surface area (Å²) in [6.45, 7) is 10.9. The van der Waals surface area contributed by atoms with E-state index in [0.29, 0.717) is 12.5 Å². The normalized spacial score (nSPS) is 22.7. The molecule has 1 rings (SSSR count). The molecule has 1 aliphatic rings. The Balaban J connectivity index is 2.45. The molecule has 5 heteroatoms. The summed E-state index contributed by atoms with van der Waals surface area (Å²) in [5.41, 5.74) is -0.579. The summed E-state index contributed by atoms with van der Waals surface area (Å²) in [5, 5.41) is 3.28. The van der Waals surface area contributed by atoms with Crippen LogP contribution < -0.4 is 5.32 Å². The molecule has 0 aromatic heterocycles. The Morgan fingerprint density at radius 3 is 2.80 bits per heavy atom. The van der Waals surface area contributed by atoms with Gasteiger partial charge >= 0.3 is 5.97 Å². The van der Waals surface area contributed by atoms with Gasteiger partial charge in [0.15, 0.2) is 0 Å². The van der Waals surface area contributed by atoms with Crippen LogP contribution in [0.25, 0.3) is 0 Å². The van der Waals surface area contributed by atoms with Crippen molar-refractivity contribution in [2.24, 2.45) is 5.92 Å². The van der Waals surface area contributed by atoms with Gasteiger partial charge in [-0.1, -0.05) is 6.92 Å². The summed E-state index contributed by atoms with van der Waals surface area (Å²) in [6.07, 6.45) is 1.96. The van der Waals surface area contributed by atoms with E-state index in [2.05, 4.69) is 10.2 Å². The van der Waals surface area contributed by atoms with Crippen LogP contribution in [0.3, 0.4) is 0 Å². The monoisotopic (exact) mass is 286 g/mol. The summed E-state index contributed by atoms with van der Waals surface area (Å²) in [4.78, 5) is 14.5. The lowest BCUT2D eigenvalue weighted by Gasteiger charge is -2.30. The lowest BCUT2D eigenvalue weighted by Crippen LogP contribution is -2.52. The minimum absolute atomic E-state index is 0.144. The minimum atomic E-state index is -0.579. The van der Waals surface area contributed by atoms with Crippen LogP contribution in [0.1, 0.15) is 33.6 Å². The average molecular weight is 286 g/mol. The molecule has 0 aromatic rings. The van der Waals surface area contributed by atoms with E-state index in [1.165, 1.54) is 6.42 Å². The van der Waals surface area contributed by atoms with Crippen molar-refractivity contribution >= 4 is 5.97 Å². The van der Waals surface area contributed by atoms with Crippen LogP contribution >= 0.6 is 0 Å². The molecule has 2 unspecified atom stereocenters. The highest BCUT2D eigenvalue weighted by molar-refractivity contribution is 5.80. The van der Waals surface area contributed by atoms with Crippen molar-refractivity contribution < 1.29 is 14.3 Å². The smallest absolute Gasteiger partial charge is 0.326 e. The van der Waals surface area contributed by atoms with Crippen LogP contribution in [0, 0.1) is 5.92 Å². The predicted octanol–water partition coefficient (Wildman–Crippen LogP) is 1.28. The fourth-order valence-electron chi connectivity index (χ4n) is 2.81. The number of carbonyl (C=O) groups excluding carboxylic acids is 1. The number of rotatable bonds is 9. The number of nitrogens with one attached hydrogen (secondary N) is 1. The molecule has 1 heterocycles. The first kappa shape index (κ1) is 17.4. The second kappa shape index (κ2) is 8.60. The molecule has 0 amide bonds. The molecular weight excluding hydrogens is 256 g/mol. The van der Waals surface area contributed by atoms with Crippen molar-refractivity contribution in [3.8, 4) is 0 Å². The highest BCUT2D eigenvalue weighted by Gasteiger charge is 2.34. The van der Waals surface area contributed by atoms with Crippen molar-refractivity contribution in [3.05, 3.63) is 0 Å². The number of nitrogens with zero attached hydrogens (tertiary/aromatic N) is 1. The Labute approximate surface area is 123 Å². The Hall–Kier alpha value is -0.650. The maximum Gasteiger partial charge on any atom is 0.326 e. The van der Waals surface area contributed by atoms with Crippen molar-refractivity contribution in [3.63, 3.8) is 0 Å². The molecule has 0 aliphatic carbocycles. The quantitative estimate of drug-likeness (QED) is 0.647. The van der Waals surface area contributed by atoms with Gasteiger partial charge in [0.25, 0.3) is 0 Å². The van der Waals surface area contributed by atoms with Gasteiger partial charge in [0.2, 0.25) is 0 Å². The third kappa shape index (κ3) is 5.04. The van der Waals surface area contributed by atoms with Crippen molar-refractivity contribution in [2.45, 2.75) is 39.2 Å². The van der Waals surface area contributed by atoms with Crippen LogP contribution in [0.4, 0.5) is 0 Å². The molecule has 0 bridgehead atoms. The van der Waals surface area contributed by atoms with Gasteiger partial charge in [0.1, 0.15) is 5.54 Å². The summed E-state index contributed by atoms with van der Waals surface area (Å²) >= 11 is 0. The van der Waals surface area contributed by atoms with Crippen LogP contribution in [0.5, 0.6) is 0 Å². The van der Waals surface area contributed by atoms with Crippen LogP contribution in [-0.4, -0.2) is 62.9 Å². The van der Waals surface area contributed by atoms with Gasteiger partial charge in [-0.05, 0) is 45.7 Å². The first-order chi connectivity index (χ1) is 9.55. The predicted molar refractivity (Wildman–Crippen MR) is 79.8 cm³/mol. The van der Waals surface area contributed by atoms with E-state index < -0.39 is 5.54 Å². The standard InChI is InChI=1S/C15H30N2O3/c1-5-16-15(3,14(18)20-6-2)8-10-17-9-7-13(11-17)12-19-4/h13,16H,5-12H2,1-4H3. The van der Waals surface area contributed by atoms with Gasteiger partial charge in [-0.2, -0.15) is 0 Å². The minimum Gasteiger partial charge on any atom is -0.465 e. The van der Waals surface area contributed by atoms with Gasteiger partial charge in [0.05, 0.1) is 13.2 Å². The molecule has 20 heavy (non-hydrogen) atoms. The molecule has 0 spiro atoms. The molecule has 0 aromatic carbocycles. The van der Waals surface area contributed by atoms with Crippen LogP contribution in [-0.2, 0) is 14.3 Å². The number of hydrogen-bond donors (Lipinski definition) is 1. The Kier molecular flexibility index (Phi) is 7.48. The highest BCUT2D eigenvalue weighted by atomic mass is 16.5. The van der Waals surface area contributed by atoms with Crippen molar-refractivity contribution in [1.29, 1.82) is 0 Å². The second-order valence-electron chi connectivity index (χ2n) is 5.74.